The summed E-state index contributed by atoms with van der Waals surface area (Å²) in [5.41, 5.74) is 0. The van der Waals surface area contributed by atoms with Crippen LogP contribution in [0.25, 0.3) is 0 Å². The lowest BCUT2D eigenvalue weighted by Gasteiger charge is -2.25. The maximum atomic E-state index is 12.2. The average Bonchev–Trinajstić information content (AvgIpc) is 3.35. The van der Waals surface area contributed by atoms with E-state index in [2.05, 4.69) is 21.6 Å². The molecule has 0 spiro atoms. The van der Waals surface area contributed by atoms with Gasteiger partial charge in [-0.25, -0.2) is 0 Å². The van der Waals surface area contributed by atoms with Crippen molar-refractivity contribution < 1.29 is 9.21 Å². The average molecular weight is 519 g/mol. The lowest BCUT2D eigenvalue weighted by molar-refractivity contribution is -0.130. The zero-order valence-corrected chi connectivity index (χ0v) is 20.7. The first-order valence-electron chi connectivity index (χ1n) is 10.7. The van der Waals surface area contributed by atoms with Crippen molar-refractivity contribution in [1.82, 2.24) is 20.4 Å². The van der Waals surface area contributed by atoms with Crippen molar-refractivity contribution in [2.75, 3.05) is 45.8 Å². The minimum Gasteiger partial charge on any atom is -0.465 e. The van der Waals surface area contributed by atoms with Crippen LogP contribution < -0.4 is 10.6 Å². The molecule has 1 unspecified atom stereocenters. The molecular weight excluding hydrogens is 481 g/mol. The number of likely N-dealkylation sites (tertiary alicyclic amines) is 1. The van der Waals surface area contributed by atoms with E-state index >= 15 is 0 Å². The SMILES string of the molecule is CCNC(=NCC(c1ccc(C)o1)N1CCCC1)NCCC(=O)N(CC)CC.I. The van der Waals surface area contributed by atoms with Crippen molar-refractivity contribution in [2.45, 2.75) is 53.0 Å². The third-order valence-electron chi connectivity index (χ3n) is 5.19. The van der Waals surface area contributed by atoms with Crippen LogP contribution in [0.5, 0.6) is 0 Å². The van der Waals surface area contributed by atoms with Crippen molar-refractivity contribution in [3.8, 4) is 0 Å². The predicted octanol–water partition coefficient (Wildman–Crippen LogP) is 3.16. The van der Waals surface area contributed by atoms with Crippen LogP contribution in [-0.2, 0) is 4.79 Å². The summed E-state index contributed by atoms with van der Waals surface area (Å²) in [5, 5.41) is 6.58. The Hall–Kier alpha value is -1.29. The Morgan fingerprint density at radius 3 is 2.45 bits per heavy atom. The van der Waals surface area contributed by atoms with Crippen molar-refractivity contribution in [2.24, 2.45) is 4.99 Å². The molecule has 0 saturated carbocycles. The van der Waals surface area contributed by atoms with E-state index in [9.17, 15) is 4.79 Å². The Kier molecular flexibility index (Phi) is 12.3. The number of amides is 1. The van der Waals surface area contributed by atoms with Gasteiger partial charge in [0.15, 0.2) is 5.96 Å². The highest BCUT2D eigenvalue weighted by Gasteiger charge is 2.25. The van der Waals surface area contributed by atoms with Gasteiger partial charge < -0.3 is 20.0 Å². The van der Waals surface area contributed by atoms with Crippen molar-refractivity contribution >= 4 is 35.8 Å². The van der Waals surface area contributed by atoms with Crippen molar-refractivity contribution in [1.29, 1.82) is 0 Å². The summed E-state index contributed by atoms with van der Waals surface area (Å²) in [6, 6.07) is 4.24. The van der Waals surface area contributed by atoms with E-state index in [1.165, 1.54) is 12.8 Å². The van der Waals surface area contributed by atoms with Crippen LogP contribution in [0.4, 0.5) is 0 Å². The first kappa shape index (κ1) is 25.7. The molecule has 7 nitrogen and oxygen atoms in total. The number of carbonyl (C=O) groups is 1. The predicted molar refractivity (Wildman–Crippen MR) is 129 cm³/mol. The van der Waals surface area contributed by atoms with Gasteiger partial charge in [-0.3, -0.25) is 14.7 Å². The standard InChI is InChI=1S/C21H37N5O2.HI/c1-5-22-21(23-13-12-20(27)25(6-2)7-3)24-16-18(26-14-8-9-15-26)19-11-10-17(4)28-19;/h10-11,18H,5-9,12-16H2,1-4H3,(H2,22,23,24);1H. The van der Waals surface area contributed by atoms with E-state index in [4.69, 9.17) is 9.41 Å². The van der Waals surface area contributed by atoms with E-state index in [1.807, 2.05) is 38.7 Å². The van der Waals surface area contributed by atoms with Crippen LogP contribution in [0.2, 0.25) is 0 Å². The molecular formula is C21H38IN5O2. The molecule has 1 aromatic heterocycles. The van der Waals surface area contributed by atoms with Gasteiger partial charge in [0.05, 0.1) is 12.6 Å². The van der Waals surface area contributed by atoms with Gasteiger partial charge in [0.2, 0.25) is 5.91 Å². The molecule has 0 aliphatic carbocycles. The number of aliphatic imine (C=N–C) groups is 1. The van der Waals surface area contributed by atoms with Crippen LogP contribution in [0, 0.1) is 6.92 Å². The minimum atomic E-state index is 0. The third-order valence-corrected chi connectivity index (χ3v) is 5.19. The molecule has 1 aliphatic rings. The lowest BCUT2D eigenvalue weighted by Crippen LogP contribution is -2.40. The molecule has 0 aromatic carbocycles. The van der Waals surface area contributed by atoms with Crippen LogP contribution in [0.3, 0.4) is 0 Å². The van der Waals surface area contributed by atoms with Gasteiger partial charge in [-0.15, -0.1) is 24.0 Å². The molecule has 2 rings (SSSR count). The quantitative estimate of drug-likeness (QED) is 0.282. The smallest absolute Gasteiger partial charge is 0.224 e. The van der Waals surface area contributed by atoms with Crippen LogP contribution >= 0.6 is 24.0 Å². The number of nitrogens with zero attached hydrogens (tertiary/aromatic N) is 3. The maximum absolute atomic E-state index is 12.2. The Labute approximate surface area is 192 Å². The molecule has 8 heteroatoms. The molecule has 0 radical (unpaired) electrons. The number of furan rings is 1. The number of aryl methyl sites for hydroxylation is 1. The zero-order chi connectivity index (χ0) is 20.4. The van der Waals surface area contributed by atoms with Gasteiger partial charge in [-0.05, 0) is 65.8 Å². The van der Waals surface area contributed by atoms with Gasteiger partial charge in [0, 0.05) is 32.6 Å². The highest BCUT2D eigenvalue weighted by molar-refractivity contribution is 14.0. The fourth-order valence-corrected chi connectivity index (χ4v) is 3.61. The van der Waals surface area contributed by atoms with Gasteiger partial charge in [-0.1, -0.05) is 0 Å². The van der Waals surface area contributed by atoms with Crippen LogP contribution in [-0.4, -0.2) is 67.5 Å². The normalized spacial score (nSPS) is 15.7. The highest BCUT2D eigenvalue weighted by atomic mass is 127. The number of halogens is 1. The Morgan fingerprint density at radius 2 is 1.90 bits per heavy atom. The number of hydrogen-bond acceptors (Lipinski definition) is 4. The Morgan fingerprint density at radius 1 is 1.21 bits per heavy atom. The summed E-state index contributed by atoms with van der Waals surface area (Å²) >= 11 is 0. The van der Waals surface area contributed by atoms with E-state index in [1.54, 1.807) is 0 Å². The van der Waals surface area contributed by atoms with Crippen molar-refractivity contribution in [3.05, 3.63) is 23.7 Å². The number of rotatable bonds is 10. The van der Waals surface area contributed by atoms with Gasteiger partial charge in [-0.2, -0.15) is 0 Å². The summed E-state index contributed by atoms with van der Waals surface area (Å²) in [6.45, 7) is 13.7. The summed E-state index contributed by atoms with van der Waals surface area (Å²) in [5.74, 6) is 2.84. The van der Waals surface area contributed by atoms with E-state index in [0.29, 0.717) is 19.5 Å². The molecule has 1 amide bonds. The van der Waals surface area contributed by atoms with Gasteiger partial charge >= 0.3 is 0 Å². The largest absolute Gasteiger partial charge is 0.465 e. The fraction of sp³-hybridized carbons (Fsp3) is 0.714. The summed E-state index contributed by atoms with van der Waals surface area (Å²) in [6.07, 6.45) is 2.93. The number of carbonyl (C=O) groups excluding carboxylic acids is 1. The monoisotopic (exact) mass is 519 g/mol. The third kappa shape index (κ3) is 8.16. The van der Waals surface area contributed by atoms with Crippen LogP contribution in [0.1, 0.15) is 57.6 Å². The van der Waals surface area contributed by atoms with Crippen molar-refractivity contribution in [3.63, 3.8) is 0 Å². The second-order valence-electron chi connectivity index (χ2n) is 7.17. The maximum Gasteiger partial charge on any atom is 0.224 e. The molecule has 1 aromatic rings. The first-order valence-corrected chi connectivity index (χ1v) is 10.7. The van der Waals surface area contributed by atoms with E-state index in [0.717, 1.165) is 50.2 Å². The molecule has 29 heavy (non-hydrogen) atoms. The molecule has 1 fully saturated rings. The molecule has 2 heterocycles. The lowest BCUT2D eigenvalue weighted by atomic mass is 10.2. The first-order chi connectivity index (χ1) is 13.6. The minimum absolute atomic E-state index is 0. The summed E-state index contributed by atoms with van der Waals surface area (Å²) < 4.78 is 5.91. The van der Waals surface area contributed by atoms with Crippen LogP contribution in [0.15, 0.2) is 21.5 Å². The van der Waals surface area contributed by atoms with E-state index < -0.39 is 0 Å². The van der Waals surface area contributed by atoms with Gasteiger partial charge in [0.1, 0.15) is 11.5 Å². The topological polar surface area (TPSA) is 73.1 Å². The molecule has 1 aliphatic heterocycles. The molecule has 1 saturated heterocycles. The zero-order valence-electron chi connectivity index (χ0n) is 18.4. The molecule has 166 valence electrons. The highest BCUT2D eigenvalue weighted by Crippen LogP contribution is 2.26. The molecule has 2 N–H and O–H groups in total. The summed E-state index contributed by atoms with van der Waals surface area (Å²) in [4.78, 5) is 21.3. The fourth-order valence-electron chi connectivity index (χ4n) is 3.61. The Bertz CT molecular complexity index is 624. The number of hydrogen-bond donors (Lipinski definition) is 2. The molecule has 0 bridgehead atoms. The Balaban J connectivity index is 0.00000420. The number of nitrogens with one attached hydrogen (secondary N) is 2. The number of guanidine groups is 1. The summed E-state index contributed by atoms with van der Waals surface area (Å²) in [7, 11) is 0. The second kappa shape index (κ2) is 13.8. The second-order valence-corrected chi connectivity index (χ2v) is 7.17. The van der Waals surface area contributed by atoms with Gasteiger partial charge in [0.25, 0.3) is 0 Å². The van der Waals surface area contributed by atoms with E-state index in [-0.39, 0.29) is 35.9 Å². The molecule has 1 atom stereocenters.